The van der Waals surface area contributed by atoms with E-state index in [0.29, 0.717) is 5.75 Å². The fourth-order valence-corrected chi connectivity index (χ4v) is 1.91. The van der Waals surface area contributed by atoms with E-state index in [4.69, 9.17) is 0 Å². The zero-order chi connectivity index (χ0) is 10.3. The molecule has 0 atom stereocenters. The molecular weight excluding hydrogens is 186 g/mol. The first kappa shape index (κ1) is 8.24. The maximum atomic E-state index is 9.86. The summed E-state index contributed by atoms with van der Waals surface area (Å²) in [6.07, 6.45) is 2.00. The molecule has 1 aromatic carbocycles. The van der Waals surface area contributed by atoms with Gasteiger partial charge >= 0.3 is 0 Å². The monoisotopic (exact) mass is 196 g/mol. The molecule has 0 saturated carbocycles. The van der Waals surface area contributed by atoms with Crippen LogP contribution in [0.3, 0.4) is 0 Å². The summed E-state index contributed by atoms with van der Waals surface area (Å²) in [5.74, 6) is 0.330. The van der Waals surface area contributed by atoms with E-state index in [-0.39, 0.29) is 0 Å². The van der Waals surface area contributed by atoms with E-state index in [9.17, 15) is 5.11 Å². The highest BCUT2D eigenvalue weighted by molar-refractivity contribution is 5.83. The highest BCUT2D eigenvalue weighted by Gasteiger charge is 2.11. The summed E-state index contributed by atoms with van der Waals surface area (Å²) in [6, 6.07) is 15.5. The van der Waals surface area contributed by atoms with E-state index in [1.807, 2.05) is 48.7 Å². The van der Waals surface area contributed by atoms with Crippen LogP contribution in [-0.4, -0.2) is 5.11 Å². The number of hydrogen-bond donors (Lipinski definition) is 1. The van der Waals surface area contributed by atoms with Crippen LogP contribution in [0.2, 0.25) is 0 Å². The van der Waals surface area contributed by atoms with Gasteiger partial charge in [0, 0.05) is 18.2 Å². The summed E-state index contributed by atoms with van der Waals surface area (Å²) in [5.41, 5.74) is 2.02. The van der Waals surface area contributed by atoms with Crippen molar-refractivity contribution < 1.29 is 9.51 Å². The Hall–Kier alpha value is -2.09. The van der Waals surface area contributed by atoms with Gasteiger partial charge in [-0.1, -0.05) is 12.1 Å². The van der Waals surface area contributed by atoms with Gasteiger partial charge in [-0.15, -0.1) is 0 Å². The first-order valence-electron chi connectivity index (χ1n) is 4.87. The Labute approximate surface area is 87.0 Å². The van der Waals surface area contributed by atoms with Gasteiger partial charge in [-0.05, 0) is 12.1 Å². The lowest BCUT2D eigenvalue weighted by atomic mass is 10.2. The molecule has 1 N–H and O–H groups in total. The predicted molar refractivity (Wildman–Crippen MR) is 58.8 cm³/mol. The summed E-state index contributed by atoms with van der Waals surface area (Å²) in [7, 11) is 0. The normalized spacial score (nSPS) is 10.9. The smallest absolute Gasteiger partial charge is 0.222 e. The van der Waals surface area contributed by atoms with E-state index < -0.39 is 0 Å². The molecule has 72 valence electrons. The molecule has 0 radical (unpaired) electrons. The third kappa shape index (κ3) is 1.15. The van der Waals surface area contributed by atoms with Crippen molar-refractivity contribution in [1.29, 1.82) is 0 Å². The van der Waals surface area contributed by atoms with Gasteiger partial charge in [0.1, 0.15) is 5.75 Å². The van der Waals surface area contributed by atoms with Crippen molar-refractivity contribution in [3.63, 3.8) is 0 Å². The van der Waals surface area contributed by atoms with Crippen LogP contribution >= 0.6 is 0 Å². The molecule has 2 nitrogen and oxygen atoms in total. The SMILES string of the molecule is Oc1cc2cccc[n+]2c2ccccc12. The van der Waals surface area contributed by atoms with Crippen LogP contribution in [0.25, 0.3) is 16.4 Å². The number of aromatic nitrogens is 1. The summed E-state index contributed by atoms with van der Waals surface area (Å²) >= 11 is 0. The topological polar surface area (TPSA) is 24.3 Å². The number of nitrogens with zero attached hydrogens (tertiary/aromatic N) is 1. The summed E-state index contributed by atoms with van der Waals surface area (Å²) in [4.78, 5) is 0. The van der Waals surface area contributed by atoms with Crippen molar-refractivity contribution in [3.05, 3.63) is 54.7 Å². The minimum absolute atomic E-state index is 0.330. The molecule has 0 unspecified atom stereocenters. The Morgan fingerprint density at radius 2 is 1.73 bits per heavy atom. The quantitative estimate of drug-likeness (QED) is 0.433. The average molecular weight is 196 g/mol. The summed E-state index contributed by atoms with van der Waals surface area (Å²) in [5, 5.41) is 10.7. The second-order valence-corrected chi connectivity index (χ2v) is 3.54. The summed E-state index contributed by atoms with van der Waals surface area (Å²) < 4.78 is 2.06. The van der Waals surface area contributed by atoms with E-state index >= 15 is 0 Å². The molecule has 0 amide bonds. The van der Waals surface area contributed by atoms with Crippen molar-refractivity contribution in [2.24, 2.45) is 0 Å². The molecule has 0 aliphatic heterocycles. The van der Waals surface area contributed by atoms with Crippen LogP contribution in [0.5, 0.6) is 5.75 Å². The van der Waals surface area contributed by atoms with Crippen molar-refractivity contribution in [3.8, 4) is 5.75 Å². The minimum Gasteiger partial charge on any atom is -0.507 e. The number of hydrogen-bond acceptors (Lipinski definition) is 1. The molecule has 3 rings (SSSR count). The van der Waals surface area contributed by atoms with Gasteiger partial charge in [0.05, 0.1) is 11.5 Å². The Balaban J connectivity index is 2.64. The Morgan fingerprint density at radius 1 is 0.933 bits per heavy atom. The van der Waals surface area contributed by atoms with E-state index in [0.717, 1.165) is 16.4 Å². The second-order valence-electron chi connectivity index (χ2n) is 3.54. The van der Waals surface area contributed by atoms with Crippen LogP contribution < -0.4 is 4.40 Å². The Morgan fingerprint density at radius 3 is 2.67 bits per heavy atom. The molecule has 15 heavy (non-hydrogen) atoms. The van der Waals surface area contributed by atoms with Gasteiger partial charge in [0.25, 0.3) is 0 Å². The lowest BCUT2D eigenvalue weighted by molar-refractivity contribution is -0.481. The number of fused-ring (bicyclic) bond motifs is 3. The molecule has 0 spiro atoms. The number of para-hydroxylation sites is 1. The first-order chi connectivity index (χ1) is 7.36. The largest absolute Gasteiger partial charge is 0.507 e. The van der Waals surface area contributed by atoms with Crippen LogP contribution in [0.1, 0.15) is 0 Å². The van der Waals surface area contributed by atoms with Crippen molar-refractivity contribution in [2.75, 3.05) is 0 Å². The van der Waals surface area contributed by atoms with Gasteiger partial charge in [-0.25, -0.2) is 0 Å². The molecule has 2 heterocycles. The maximum Gasteiger partial charge on any atom is 0.222 e. The molecule has 0 saturated heterocycles. The van der Waals surface area contributed by atoms with E-state index in [1.54, 1.807) is 6.07 Å². The standard InChI is InChI=1S/C13H9NO/c15-13-9-10-5-3-4-8-14(10)12-7-2-1-6-11(12)13/h1-9H/p+1. The highest BCUT2D eigenvalue weighted by Crippen LogP contribution is 2.22. The molecule has 0 aliphatic carbocycles. The second kappa shape index (κ2) is 2.95. The zero-order valence-electron chi connectivity index (χ0n) is 8.09. The molecule has 0 fully saturated rings. The average Bonchev–Trinajstić information content (AvgIpc) is 2.30. The van der Waals surface area contributed by atoms with E-state index in [1.165, 1.54) is 0 Å². The Kier molecular flexibility index (Phi) is 1.62. The fourth-order valence-electron chi connectivity index (χ4n) is 1.91. The molecule has 0 bridgehead atoms. The minimum atomic E-state index is 0.330. The van der Waals surface area contributed by atoms with Gasteiger partial charge < -0.3 is 5.11 Å². The van der Waals surface area contributed by atoms with Gasteiger partial charge in [0.15, 0.2) is 6.20 Å². The van der Waals surface area contributed by atoms with Crippen molar-refractivity contribution >= 4 is 16.4 Å². The lowest BCUT2D eigenvalue weighted by Gasteiger charge is -1.99. The fraction of sp³-hybridized carbons (Fsp3) is 0. The van der Waals surface area contributed by atoms with Crippen molar-refractivity contribution in [2.45, 2.75) is 0 Å². The van der Waals surface area contributed by atoms with Gasteiger partial charge in [-0.2, -0.15) is 4.40 Å². The summed E-state index contributed by atoms with van der Waals surface area (Å²) in [6.45, 7) is 0. The number of rotatable bonds is 0. The third-order valence-corrected chi connectivity index (χ3v) is 2.62. The molecule has 2 aromatic heterocycles. The van der Waals surface area contributed by atoms with Gasteiger partial charge in [-0.3, -0.25) is 0 Å². The van der Waals surface area contributed by atoms with Crippen LogP contribution in [0, 0.1) is 0 Å². The Bertz CT molecular complexity index is 646. The number of pyridine rings is 2. The van der Waals surface area contributed by atoms with E-state index in [2.05, 4.69) is 4.40 Å². The predicted octanol–water partition coefficient (Wildman–Crippen LogP) is 2.28. The molecule has 0 aliphatic rings. The highest BCUT2D eigenvalue weighted by atomic mass is 16.3. The van der Waals surface area contributed by atoms with Crippen molar-refractivity contribution in [1.82, 2.24) is 0 Å². The van der Waals surface area contributed by atoms with Crippen LogP contribution in [0.15, 0.2) is 54.7 Å². The zero-order valence-corrected chi connectivity index (χ0v) is 8.09. The maximum absolute atomic E-state index is 9.86. The van der Waals surface area contributed by atoms with Crippen LogP contribution in [-0.2, 0) is 0 Å². The van der Waals surface area contributed by atoms with Crippen LogP contribution in [0.4, 0.5) is 0 Å². The third-order valence-electron chi connectivity index (χ3n) is 2.62. The molecular formula is C13H10NO+. The lowest BCUT2D eigenvalue weighted by Crippen LogP contribution is -2.21. The molecule has 2 heteroatoms. The number of benzene rings is 1. The number of aromatic hydroxyl groups is 1. The first-order valence-corrected chi connectivity index (χ1v) is 4.87. The molecule has 3 aromatic rings. The van der Waals surface area contributed by atoms with Gasteiger partial charge in [0.2, 0.25) is 11.0 Å².